The van der Waals surface area contributed by atoms with Crippen molar-refractivity contribution in [3.8, 4) is 6.07 Å². The van der Waals surface area contributed by atoms with Crippen LogP contribution in [0, 0.1) is 16.7 Å². The third kappa shape index (κ3) is 6.92. The lowest BCUT2D eigenvalue weighted by Crippen LogP contribution is -2.40. The summed E-state index contributed by atoms with van der Waals surface area (Å²) < 4.78 is 0. The highest BCUT2D eigenvalue weighted by molar-refractivity contribution is 5.76. The quantitative estimate of drug-likeness (QED) is 0.836. The number of aryl methyl sites for hydroxylation is 1. The van der Waals surface area contributed by atoms with E-state index in [0.717, 1.165) is 12.1 Å². The number of hydrogen-bond donors (Lipinski definition) is 1. The molecule has 1 amide bonds. The fourth-order valence-corrected chi connectivity index (χ4v) is 2.34. The first-order valence-electron chi connectivity index (χ1n) is 7.23. The summed E-state index contributed by atoms with van der Waals surface area (Å²) in [7, 11) is 4.07. The highest BCUT2D eigenvalue weighted by Gasteiger charge is 2.19. The van der Waals surface area contributed by atoms with Crippen LogP contribution in [-0.4, -0.2) is 38.0 Å². The molecule has 1 N–H and O–H groups in total. The Bertz CT molecular complexity index is 498. The lowest BCUT2D eigenvalue weighted by molar-refractivity contribution is -0.121. The van der Waals surface area contributed by atoms with Crippen molar-refractivity contribution < 1.29 is 4.79 Å². The molecule has 0 saturated carbocycles. The van der Waals surface area contributed by atoms with Crippen molar-refractivity contribution in [2.24, 2.45) is 5.41 Å². The molecule has 0 radical (unpaired) electrons. The maximum atomic E-state index is 11.9. The molecule has 0 aliphatic rings. The normalized spacial score (nSPS) is 11.2. The first-order chi connectivity index (χ1) is 9.82. The van der Waals surface area contributed by atoms with Gasteiger partial charge in [0.2, 0.25) is 5.91 Å². The summed E-state index contributed by atoms with van der Waals surface area (Å²) in [5.74, 6) is 0.0752. The molecule has 0 aromatic heterocycles. The van der Waals surface area contributed by atoms with Gasteiger partial charge in [-0.15, -0.1) is 0 Å². The minimum absolute atomic E-state index is 0.0631. The standard InChI is InChI=1S/C17H25N3O/c1-17(2,13-20(3)4)12-19-16(21)10-9-14-5-7-15(11-18)8-6-14/h5-8H,9-10,12-13H2,1-4H3,(H,19,21). The molecule has 4 heteroatoms. The molecular weight excluding hydrogens is 262 g/mol. The molecule has 4 nitrogen and oxygen atoms in total. The minimum Gasteiger partial charge on any atom is -0.356 e. The van der Waals surface area contributed by atoms with Gasteiger partial charge < -0.3 is 10.2 Å². The zero-order valence-electron chi connectivity index (χ0n) is 13.4. The number of nitriles is 1. The summed E-state index contributed by atoms with van der Waals surface area (Å²) in [5.41, 5.74) is 1.79. The lowest BCUT2D eigenvalue weighted by atomic mass is 9.93. The number of benzene rings is 1. The molecule has 0 bridgehead atoms. The Balaban J connectivity index is 2.35. The number of carbonyl (C=O) groups is 1. The van der Waals surface area contributed by atoms with Crippen LogP contribution < -0.4 is 5.32 Å². The highest BCUT2D eigenvalue weighted by atomic mass is 16.1. The van der Waals surface area contributed by atoms with Crippen LogP contribution in [0.1, 0.15) is 31.4 Å². The molecule has 0 aliphatic carbocycles. The predicted molar refractivity (Wildman–Crippen MR) is 84.8 cm³/mol. The van der Waals surface area contributed by atoms with Gasteiger partial charge in [0.15, 0.2) is 0 Å². The van der Waals surface area contributed by atoms with Gasteiger partial charge in [-0.2, -0.15) is 5.26 Å². The van der Waals surface area contributed by atoms with Gasteiger partial charge in [0.25, 0.3) is 0 Å². The van der Waals surface area contributed by atoms with Gasteiger partial charge in [0.05, 0.1) is 11.6 Å². The molecule has 0 atom stereocenters. The van der Waals surface area contributed by atoms with Crippen LogP contribution in [0.25, 0.3) is 0 Å². The summed E-state index contributed by atoms with van der Waals surface area (Å²) in [5, 5.41) is 11.7. The van der Waals surface area contributed by atoms with Gasteiger partial charge in [-0.25, -0.2) is 0 Å². The Morgan fingerprint density at radius 1 is 1.29 bits per heavy atom. The third-order valence-corrected chi connectivity index (χ3v) is 3.23. The maximum absolute atomic E-state index is 11.9. The SMILES string of the molecule is CN(C)CC(C)(C)CNC(=O)CCc1ccc(C#N)cc1. The van der Waals surface area contributed by atoms with E-state index in [0.29, 0.717) is 24.9 Å². The van der Waals surface area contributed by atoms with Gasteiger partial charge >= 0.3 is 0 Å². The summed E-state index contributed by atoms with van der Waals surface area (Å²) in [4.78, 5) is 14.0. The van der Waals surface area contributed by atoms with Crippen molar-refractivity contribution in [1.29, 1.82) is 5.26 Å². The van der Waals surface area contributed by atoms with Crippen molar-refractivity contribution in [3.05, 3.63) is 35.4 Å². The number of carbonyl (C=O) groups excluding carboxylic acids is 1. The molecular formula is C17H25N3O. The summed E-state index contributed by atoms with van der Waals surface area (Å²) in [6, 6.07) is 9.47. The van der Waals surface area contributed by atoms with E-state index in [1.807, 2.05) is 26.2 Å². The Kier molecular flexibility index (Phi) is 6.39. The molecule has 0 unspecified atom stereocenters. The van der Waals surface area contributed by atoms with E-state index < -0.39 is 0 Å². The zero-order chi connectivity index (χ0) is 15.9. The van der Waals surface area contributed by atoms with Crippen molar-refractivity contribution >= 4 is 5.91 Å². The van der Waals surface area contributed by atoms with Crippen molar-refractivity contribution in [1.82, 2.24) is 10.2 Å². The predicted octanol–water partition coefficient (Wildman–Crippen LogP) is 2.19. The van der Waals surface area contributed by atoms with E-state index in [2.05, 4.69) is 30.1 Å². The van der Waals surface area contributed by atoms with Gasteiger partial charge in [-0.3, -0.25) is 4.79 Å². The van der Waals surface area contributed by atoms with E-state index in [1.165, 1.54) is 0 Å². The Hall–Kier alpha value is -1.86. The smallest absolute Gasteiger partial charge is 0.220 e. The maximum Gasteiger partial charge on any atom is 0.220 e. The Morgan fingerprint density at radius 3 is 2.43 bits per heavy atom. The molecule has 0 saturated heterocycles. The molecule has 1 aromatic carbocycles. The number of rotatable bonds is 7. The first kappa shape index (κ1) is 17.2. The number of nitrogens with one attached hydrogen (secondary N) is 1. The van der Waals surface area contributed by atoms with Crippen molar-refractivity contribution in [2.75, 3.05) is 27.2 Å². The zero-order valence-corrected chi connectivity index (χ0v) is 13.4. The van der Waals surface area contributed by atoms with Crippen molar-refractivity contribution in [2.45, 2.75) is 26.7 Å². The van der Waals surface area contributed by atoms with Gasteiger partial charge in [0, 0.05) is 19.5 Å². The average Bonchev–Trinajstić information content (AvgIpc) is 2.42. The van der Waals surface area contributed by atoms with Gasteiger partial charge in [-0.05, 0) is 43.6 Å². The van der Waals surface area contributed by atoms with E-state index in [4.69, 9.17) is 5.26 Å². The van der Waals surface area contributed by atoms with Gasteiger partial charge in [-0.1, -0.05) is 26.0 Å². The van der Waals surface area contributed by atoms with Crippen LogP contribution in [0.15, 0.2) is 24.3 Å². The lowest BCUT2D eigenvalue weighted by Gasteiger charge is -2.28. The Labute approximate surface area is 127 Å². The van der Waals surface area contributed by atoms with Crippen LogP contribution >= 0.6 is 0 Å². The largest absolute Gasteiger partial charge is 0.356 e. The molecule has 114 valence electrons. The molecule has 0 fully saturated rings. The molecule has 1 aromatic rings. The Morgan fingerprint density at radius 2 is 1.90 bits per heavy atom. The highest BCUT2D eigenvalue weighted by Crippen LogP contribution is 2.14. The second kappa shape index (κ2) is 7.80. The topological polar surface area (TPSA) is 56.1 Å². The monoisotopic (exact) mass is 287 g/mol. The number of amides is 1. The number of nitrogens with zero attached hydrogens (tertiary/aromatic N) is 2. The number of hydrogen-bond acceptors (Lipinski definition) is 3. The minimum atomic E-state index is 0.0631. The van der Waals surface area contributed by atoms with E-state index >= 15 is 0 Å². The summed E-state index contributed by atoms with van der Waals surface area (Å²) in [6.07, 6.45) is 1.18. The molecule has 0 aliphatic heterocycles. The summed E-state index contributed by atoms with van der Waals surface area (Å²) >= 11 is 0. The fraction of sp³-hybridized carbons (Fsp3) is 0.529. The first-order valence-corrected chi connectivity index (χ1v) is 7.23. The summed E-state index contributed by atoms with van der Waals surface area (Å²) in [6.45, 7) is 5.90. The third-order valence-electron chi connectivity index (χ3n) is 3.23. The molecule has 1 rings (SSSR count). The van der Waals surface area contributed by atoms with Crippen LogP contribution in [0.2, 0.25) is 0 Å². The van der Waals surface area contributed by atoms with Gasteiger partial charge in [0.1, 0.15) is 0 Å². The van der Waals surface area contributed by atoms with E-state index in [1.54, 1.807) is 12.1 Å². The second-order valence-corrected chi connectivity index (χ2v) is 6.49. The average molecular weight is 287 g/mol. The van der Waals surface area contributed by atoms with Crippen LogP contribution in [0.4, 0.5) is 0 Å². The van der Waals surface area contributed by atoms with Crippen LogP contribution in [0.3, 0.4) is 0 Å². The molecule has 0 spiro atoms. The van der Waals surface area contributed by atoms with E-state index in [9.17, 15) is 4.79 Å². The molecule has 21 heavy (non-hydrogen) atoms. The fourth-order valence-electron chi connectivity index (χ4n) is 2.34. The van der Waals surface area contributed by atoms with Crippen molar-refractivity contribution in [3.63, 3.8) is 0 Å². The van der Waals surface area contributed by atoms with Crippen LogP contribution in [-0.2, 0) is 11.2 Å². The van der Waals surface area contributed by atoms with Crippen LogP contribution in [0.5, 0.6) is 0 Å². The molecule has 0 heterocycles. The van der Waals surface area contributed by atoms with E-state index in [-0.39, 0.29) is 11.3 Å². The second-order valence-electron chi connectivity index (χ2n) is 6.49.